The Morgan fingerprint density at radius 1 is 1.22 bits per heavy atom. The van der Waals surface area contributed by atoms with Crippen molar-refractivity contribution in [3.05, 3.63) is 40.6 Å². The SMILES string of the molecule is COc1cc(OC)c(NC(=O)Nc2ccc(C#N)nc2)cc1Br. The number of urea groups is 1. The van der Waals surface area contributed by atoms with Crippen LogP contribution in [0.2, 0.25) is 0 Å². The van der Waals surface area contributed by atoms with Crippen LogP contribution in [0.1, 0.15) is 5.69 Å². The van der Waals surface area contributed by atoms with E-state index < -0.39 is 6.03 Å². The number of hydrogen-bond donors (Lipinski definition) is 2. The highest BCUT2D eigenvalue weighted by molar-refractivity contribution is 9.10. The van der Waals surface area contributed by atoms with E-state index in [9.17, 15) is 4.79 Å². The summed E-state index contributed by atoms with van der Waals surface area (Å²) in [6.45, 7) is 0. The Morgan fingerprint density at radius 2 is 1.96 bits per heavy atom. The zero-order valence-electron chi connectivity index (χ0n) is 12.4. The molecule has 2 N–H and O–H groups in total. The van der Waals surface area contributed by atoms with Crippen LogP contribution in [0, 0.1) is 11.3 Å². The zero-order valence-corrected chi connectivity index (χ0v) is 14.0. The Morgan fingerprint density at radius 3 is 2.52 bits per heavy atom. The fraction of sp³-hybridized carbons (Fsp3) is 0.133. The largest absolute Gasteiger partial charge is 0.495 e. The van der Waals surface area contributed by atoms with Gasteiger partial charge in [0.1, 0.15) is 23.3 Å². The van der Waals surface area contributed by atoms with E-state index >= 15 is 0 Å². The van der Waals surface area contributed by atoms with Crippen molar-refractivity contribution in [1.82, 2.24) is 4.98 Å². The predicted octanol–water partition coefficient (Wildman–Crippen LogP) is 3.38. The number of amides is 2. The number of nitrogens with one attached hydrogen (secondary N) is 2. The second-order valence-electron chi connectivity index (χ2n) is 4.31. The lowest BCUT2D eigenvalue weighted by Crippen LogP contribution is -2.20. The van der Waals surface area contributed by atoms with E-state index in [0.29, 0.717) is 27.3 Å². The number of halogens is 1. The van der Waals surface area contributed by atoms with Gasteiger partial charge in [-0.05, 0) is 34.1 Å². The molecule has 0 spiro atoms. The van der Waals surface area contributed by atoms with Crippen LogP contribution in [0.15, 0.2) is 34.9 Å². The van der Waals surface area contributed by atoms with Gasteiger partial charge in [-0.1, -0.05) is 0 Å². The van der Waals surface area contributed by atoms with Crippen molar-refractivity contribution >= 4 is 33.3 Å². The third kappa shape index (κ3) is 4.11. The van der Waals surface area contributed by atoms with E-state index in [4.69, 9.17) is 14.7 Å². The predicted molar refractivity (Wildman–Crippen MR) is 88.8 cm³/mol. The molecular formula is C15H13BrN4O3. The quantitative estimate of drug-likeness (QED) is 0.852. The molecular weight excluding hydrogens is 364 g/mol. The molecule has 0 unspecified atom stereocenters. The summed E-state index contributed by atoms with van der Waals surface area (Å²) in [5.74, 6) is 1.04. The number of carbonyl (C=O) groups excluding carboxylic acids is 1. The molecule has 1 heterocycles. The van der Waals surface area contributed by atoms with E-state index in [2.05, 4.69) is 31.5 Å². The number of hydrogen-bond acceptors (Lipinski definition) is 5. The number of pyridine rings is 1. The maximum absolute atomic E-state index is 12.1. The lowest BCUT2D eigenvalue weighted by Gasteiger charge is -2.13. The Bertz CT molecular complexity index is 757. The highest BCUT2D eigenvalue weighted by atomic mass is 79.9. The molecule has 0 saturated heterocycles. The van der Waals surface area contributed by atoms with Crippen molar-refractivity contribution in [2.24, 2.45) is 0 Å². The molecule has 1 aromatic heterocycles. The van der Waals surface area contributed by atoms with Gasteiger partial charge in [-0.15, -0.1) is 0 Å². The third-order valence-electron chi connectivity index (χ3n) is 2.86. The van der Waals surface area contributed by atoms with Gasteiger partial charge < -0.3 is 20.1 Å². The van der Waals surface area contributed by atoms with Crippen LogP contribution in [0.5, 0.6) is 11.5 Å². The van der Waals surface area contributed by atoms with Crippen LogP contribution in [-0.4, -0.2) is 25.2 Å². The summed E-state index contributed by atoms with van der Waals surface area (Å²) in [7, 11) is 3.04. The second-order valence-corrected chi connectivity index (χ2v) is 5.16. The first kappa shape index (κ1) is 16.6. The number of aromatic nitrogens is 1. The maximum atomic E-state index is 12.1. The van der Waals surface area contributed by atoms with Gasteiger partial charge in [-0.25, -0.2) is 9.78 Å². The molecule has 0 radical (unpaired) electrons. The molecule has 2 amide bonds. The van der Waals surface area contributed by atoms with Gasteiger partial charge in [0.25, 0.3) is 0 Å². The topological polar surface area (TPSA) is 96.3 Å². The van der Waals surface area contributed by atoms with Crippen LogP contribution >= 0.6 is 15.9 Å². The number of anilines is 2. The molecule has 7 nitrogen and oxygen atoms in total. The van der Waals surface area contributed by atoms with Crippen LogP contribution in [0.4, 0.5) is 16.2 Å². The van der Waals surface area contributed by atoms with E-state index in [0.717, 1.165) is 0 Å². The van der Waals surface area contributed by atoms with Crippen molar-refractivity contribution in [3.63, 3.8) is 0 Å². The molecule has 23 heavy (non-hydrogen) atoms. The minimum absolute atomic E-state index is 0.275. The summed E-state index contributed by atoms with van der Waals surface area (Å²) in [4.78, 5) is 15.9. The summed E-state index contributed by atoms with van der Waals surface area (Å²) < 4.78 is 11.1. The van der Waals surface area contributed by atoms with Crippen LogP contribution in [0.25, 0.3) is 0 Å². The normalized spacial score (nSPS) is 9.65. The molecule has 2 aromatic rings. The third-order valence-corrected chi connectivity index (χ3v) is 3.48. The molecule has 0 aliphatic heterocycles. The van der Waals surface area contributed by atoms with Gasteiger partial charge >= 0.3 is 6.03 Å². The molecule has 8 heteroatoms. The van der Waals surface area contributed by atoms with Gasteiger partial charge in [0.05, 0.1) is 36.3 Å². The van der Waals surface area contributed by atoms with Gasteiger partial charge in [-0.3, -0.25) is 0 Å². The maximum Gasteiger partial charge on any atom is 0.323 e. The molecule has 0 saturated carbocycles. The highest BCUT2D eigenvalue weighted by Crippen LogP contribution is 2.36. The number of methoxy groups -OCH3 is 2. The van der Waals surface area contributed by atoms with Gasteiger partial charge in [0.2, 0.25) is 0 Å². The Kier molecular flexibility index (Phi) is 5.38. The number of carbonyl (C=O) groups is 1. The first-order chi connectivity index (χ1) is 11.1. The molecule has 0 atom stereocenters. The summed E-state index contributed by atoms with van der Waals surface area (Å²) in [5, 5.41) is 14.0. The minimum Gasteiger partial charge on any atom is -0.495 e. The molecule has 0 aliphatic rings. The van der Waals surface area contributed by atoms with Crippen LogP contribution in [-0.2, 0) is 0 Å². The lowest BCUT2D eigenvalue weighted by atomic mass is 10.2. The van der Waals surface area contributed by atoms with Crippen molar-refractivity contribution < 1.29 is 14.3 Å². The Balaban J connectivity index is 2.13. The fourth-order valence-electron chi connectivity index (χ4n) is 1.78. The Labute approximate surface area is 141 Å². The number of benzene rings is 1. The fourth-order valence-corrected chi connectivity index (χ4v) is 2.28. The van der Waals surface area contributed by atoms with E-state index in [1.54, 1.807) is 18.2 Å². The smallest absolute Gasteiger partial charge is 0.323 e. The van der Waals surface area contributed by atoms with E-state index in [-0.39, 0.29) is 5.69 Å². The highest BCUT2D eigenvalue weighted by Gasteiger charge is 2.12. The number of nitrogens with zero attached hydrogens (tertiary/aromatic N) is 2. The van der Waals surface area contributed by atoms with Gasteiger partial charge in [-0.2, -0.15) is 5.26 Å². The van der Waals surface area contributed by atoms with Crippen molar-refractivity contribution in [2.75, 3.05) is 24.9 Å². The van der Waals surface area contributed by atoms with Gasteiger partial charge in [0.15, 0.2) is 0 Å². The lowest BCUT2D eigenvalue weighted by molar-refractivity contribution is 0.262. The second kappa shape index (κ2) is 7.47. The van der Waals surface area contributed by atoms with Crippen molar-refractivity contribution in [3.8, 4) is 17.6 Å². The Hall–Kier alpha value is -2.79. The molecule has 0 aliphatic carbocycles. The van der Waals surface area contributed by atoms with Crippen molar-refractivity contribution in [2.45, 2.75) is 0 Å². The van der Waals surface area contributed by atoms with Gasteiger partial charge in [0, 0.05) is 6.07 Å². The summed E-state index contributed by atoms with van der Waals surface area (Å²) in [6, 6.07) is 7.87. The summed E-state index contributed by atoms with van der Waals surface area (Å²) in [6.07, 6.45) is 1.40. The first-order valence-electron chi connectivity index (χ1n) is 6.43. The average molecular weight is 377 g/mol. The first-order valence-corrected chi connectivity index (χ1v) is 7.22. The van der Waals surface area contributed by atoms with E-state index in [1.165, 1.54) is 26.5 Å². The number of rotatable bonds is 4. The molecule has 118 valence electrons. The monoisotopic (exact) mass is 376 g/mol. The molecule has 1 aromatic carbocycles. The van der Waals surface area contributed by atoms with Crippen LogP contribution in [0.3, 0.4) is 0 Å². The number of nitriles is 1. The van der Waals surface area contributed by atoms with E-state index in [1.807, 2.05) is 6.07 Å². The summed E-state index contributed by atoms with van der Waals surface area (Å²) >= 11 is 3.35. The zero-order chi connectivity index (χ0) is 16.8. The molecule has 0 bridgehead atoms. The minimum atomic E-state index is -0.466. The van der Waals surface area contributed by atoms with Crippen LogP contribution < -0.4 is 20.1 Å². The van der Waals surface area contributed by atoms with Crippen molar-refractivity contribution in [1.29, 1.82) is 5.26 Å². The standard InChI is InChI=1S/C15H13BrN4O3/c1-22-13-6-14(23-2)12(5-11(13)16)20-15(21)19-10-4-3-9(7-17)18-8-10/h3-6,8H,1-2H3,(H2,19,20,21). The number of ether oxygens (including phenoxy) is 2. The molecule has 0 fully saturated rings. The molecule has 2 rings (SSSR count). The summed E-state index contributed by atoms with van der Waals surface area (Å²) in [5.41, 5.74) is 1.21. The average Bonchev–Trinajstić information content (AvgIpc) is 2.55.